The van der Waals surface area contributed by atoms with Crippen molar-refractivity contribution < 1.29 is 9.90 Å². The number of carbonyl (C=O) groups excluding carboxylic acids is 1. The molecule has 1 atom stereocenters. The Labute approximate surface area is 151 Å². The van der Waals surface area contributed by atoms with Gasteiger partial charge >= 0.3 is 0 Å². The third-order valence-electron chi connectivity index (χ3n) is 3.67. The fourth-order valence-electron chi connectivity index (χ4n) is 2.28. The minimum absolute atomic E-state index is 0.0721. The smallest absolute Gasteiger partial charge is 0.224 e. The van der Waals surface area contributed by atoms with Gasteiger partial charge in [0.25, 0.3) is 0 Å². The summed E-state index contributed by atoms with van der Waals surface area (Å²) in [6.45, 7) is 1.84. The van der Waals surface area contributed by atoms with Crippen LogP contribution in [0, 0.1) is 0 Å². The number of anilines is 2. The van der Waals surface area contributed by atoms with E-state index >= 15 is 0 Å². The summed E-state index contributed by atoms with van der Waals surface area (Å²) in [7, 11) is 0. The van der Waals surface area contributed by atoms with Crippen LogP contribution in [0.15, 0.2) is 42.5 Å². The Morgan fingerprint density at radius 2 is 1.79 bits per heavy atom. The van der Waals surface area contributed by atoms with Gasteiger partial charge in [-0.25, -0.2) is 0 Å². The molecule has 0 unspecified atom stereocenters. The van der Waals surface area contributed by atoms with Gasteiger partial charge in [-0.15, -0.1) is 0 Å². The predicted octanol–water partition coefficient (Wildman–Crippen LogP) is 4.17. The highest BCUT2D eigenvalue weighted by Crippen LogP contribution is 2.33. The second-order valence-corrected chi connectivity index (χ2v) is 6.23. The first kappa shape index (κ1) is 18.6. The van der Waals surface area contributed by atoms with Crippen LogP contribution in [0.2, 0.25) is 10.0 Å². The molecular weight excluding hydrogens is 347 g/mol. The van der Waals surface area contributed by atoms with Crippen LogP contribution in [0.5, 0.6) is 0 Å². The van der Waals surface area contributed by atoms with Crippen LogP contribution in [0.1, 0.15) is 18.9 Å². The fourth-order valence-corrected chi connectivity index (χ4v) is 2.77. The van der Waals surface area contributed by atoms with Crippen LogP contribution in [0.3, 0.4) is 0 Å². The molecule has 0 aliphatic rings. The minimum atomic E-state index is -0.226. The van der Waals surface area contributed by atoms with E-state index in [9.17, 15) is 9.90 Å². The molecule has 0 aliphatic heterocycles. The molecule has 0 heterocycles. The Balaban J connectivity index is 2.17. The normalized spacial score (nSPS) is 11.8. The second-order valence-electron chi connectivity index (χ2n) is 5.41. The first-order valence-electron chi connectivity index (χ1n) is 7.74. The molecule has 2 aromatic rings. The van der Waals surface area contributed by atoms with Gasteiger partial charge in [-0.05, 0) is 30.2 Å². The average Bonchev–Trinajstić information content (AvgIpc) is 2.57. The van der Waals surface area contributed by atoms with Crippen molar-refractivity contribution in [2.24, 2.45) is 0 Å². The van der Waals surface area contributed by atoms with Crippen molar-refractivity contribution in [1.29, 1.82) is 0 Å². The molecule has 3 N–H and O–H groups in total. The highest BCUT2D eigenvalue weighted by molar-refractivity contribution is 6.39. The Hall–Kier alpha value is -1.75. The molecule has 128 valence electrons. The third kappa shape index (κ3) is 4.87. The molecule has 6 heteroatoms. The van der Waals surface area contributed by atoms with Crippen molar-refractivity contribution in [3.63, 3.8) is 0 Å². The standard InChI is InChI=1S/C18H20Cl2N2O2/c1-2-13(11-23)21-17(24)10-12-6-3-4-9-16(12)22-18-14(19)7-5-8-15(18)20/h3-9,13,22-23H,2,10-11H2,1H3,(H,21,24)/t13-/m0/s1. The van der Waals surface area contributed by atoms with Crippen LogP contribution in [0.25, 0.3) is 0 Å². The van der Waals surface area contributed by atoms with E-state index in [2.05, 4.69) is 10.6 Å². The van der Waals surface area contributed by atoms with E-state index in [4.69, 9.17) is 23.2 Å². The van der Waals surface area contributed by atoms with Gasteiger partial charge in [0.1, 0.15) is 0 Å². The summed E-state index contributed by atoms with van der Waals surface area (Å²) in [5.74, 6) is -0.143. The van der Waals surface area contributed by atoms with E-state index in [0.29, 0.717) is 22.2 Å². The zero-order chi connectivity index (χ0) is 17.5. The molecule has 0 bridgehead atoms. The van der Waals surface area contributed by atoms with Gasteiger partial charge in [-0.3, -0.25) is 4.79 Å². The lowest BCUT2D eigenvalue weighted by atomic mass is 10.1. The maximum atomic E-state index is 12.2. The molecule has 0 aromatic heterocycles. The first-order valence-corrected chi connectivity index (χ1v) is 8.49. The third-order valence-corrected chi connectivity index (χ3v) is 4.30. The van der Waals surface area contributed by atoms with E-state index in [1.807, 2.05) is 31.2 Å². The van der Waals surface area contributed by atoms with Gasteiger partial charge in [0.15, 0.2) is 0 Å². The number of nitrogens with one attached hydrogen (secondary N) is 2. The summed E-state index contributed by atoms with van der Waals surface area (Å²) in [5, 5.41) is 16.2. The number of para-hydroxylation sites is 2. The van der Waals surface area contributed by atoms with E-state index in [1.165, 1.54) is 0 Å². The molecule has 0 fully saturated rings. The Bertz CT molecular complexity index is 683. The van der Waals surface area contributed by atoms with Gasteiger partial charge in [-0.2, -0.15) is 0 Å². The lowest BCUT2D eigenvalue weighted by Crippen LogP contribution is -2.37. The summed E-state index contributed by atoms with van der Waals surface area (Å²) in [6.07, 6.45) is 0.874. The summed E-state index contributed by atoms with van der Waals surface area (Å²) >= 11 is 12.4. The summed E-state index contributed by atoms with van der Waals surface area (Å²) in [4.78, 5) is 12.2. The van der Waals surface area contributed by atoms with Crippen LogP contribution in [-0.4, -0.2) is 23.7 Å². The number of amides is 1. The lowest BCUT2D eigenvalue weighted by molar-refractivity contribution is -0.121. The molecule has 4 nitrogen and oxygen atoms in total. The van der Waals surface area contributed by atoms with E-state index < -0.39 is 0 Å². The number of halogens is 2. The Morgan fingerprint density at radius 1 is 1.12 bits per heavy atom. The van der Waals surface area contributed by atoms with Crippen molar-refractivity contribution >= 4 is 40.5 Å². The molecule has 24 heavy (non-hydrogen) atoms. The predicted molar refractivity (Wildman–Crippen MR) is 99.2 cm³/mol. The molecule has 0 aliphatic carbocycles. The quantitative estimate of drug-likeness (QED) is 0.689. The number of benzene rings is 2. The van der Waals surface area contributed by atoms with Gasteiger partial charge < -0.3 is 15.7 Å². The topological polar surface area (TPSA) is 61.4 Å². The fraction of sp³-hybridized carbons (Fsp3) is 0.278. The maximum absolute atomic E-state index is 12.2. The number of hydrogen-bond donors (Lipinski definition) is 3. The minimum Gasteiger partial charge on any atom is -0.394 e. The molecule has 1 amide bonds. The van der Waals surface area contributed by atoms with Crippen molar-refractivity contribution in [3.8, 4) is 0 Å². The zero-order valence-corrected chi connectivity index (χ0v) is 14.9. The van der Waals surface area contributed by atoms with E-state index in [-0.39, 0.29) is 25.0 Å². The zero-order valence-electron chi connectivity index (χ0n) is 13.4. The number of carbonyl (C=O) groups is 1. The van der Waals surface area contributed by atoms with Crippen molar-refractivity contribution in [3.05, 3.63) is 58.1 Å². The summed E-state index contributed by atoms with van der Waals surface area (Å²) < 4.78 is 0. The number of aliphatic hydroxyl groups is 1. The highest BCUT2D eigenvalue weighted by Gasteiger charge is 2.13. The molecular formula is C18H20Cl2N2O2. The monoisotopic (exact) mass is 366 g/mol. The maximum Gasteiger partial charge on any atom is 0.224 e. The average molecular weight is 367 g/mol. The van der Waals surface area contributed by atoms with E-state index in [0.717, 1.165) is 11.3 Å². The number of aliphatic hydroxyl groups excluding tert-OH is 1. The van der Waals surface area contributed by atoms with Crippen molar-refractivity contribution in [1.82, 2.24) is 5.32 Å². The molecule has 2 rings (SSSR count). The van der Waals surface area contributed by atoms with Gasteiger partial charge in [0.05, 0.1) is 34.8 Å². The second kappa shape index (κ2) is 8.92. The number of rotatable bonds is 7. The molecule has 0 saturated heterocycles. The van der Waals surface area contributed by atoms with Gasteiger partial charge in [-0.1, -0.05) is 54.4 Å². The Kier molecular flexibility index (Phi) is 6.91. The molecule has 0 radical (unpaired) electrons. The van der Waals surface area contributed by atoms with Crippen LogP contribution in [0.4, 0.5) is 11.4 Å². The lowest BCUT2D eigenvalue weighted by Gasteiger charge is -2.16. The number of hydrogen-bond acceptors (Lipinski definition) is 3. The van der Waals surface area contributed by atoms with Crippen LogP contribution >= 0.6 is 23.2 Å². The summed E-state index contributed by atoms with van der Waals surface area (Å²) in [5.41, 5.74) is 2.19. The molecule has 0 spiro atoms. The Morgan fingerprint density at radius 3 is 2.42 bits per heavy atom. The van der Waals surface area contributed by atoms with E-state index in [1.54, 1.807) is 18.2 Å². The van der Waals surface area contributed by atoms with Gasteiger partial charge in [0, 0.05) is 5.69 Å². The van der Waals surface area contributed by atoms with Crippen molar-refractivity contribution in [2.75, 3.05) is 11.9 Å². The van der Waals surface area contributed by atoms with Crippen LogP contribution in [-0.2, 0) is 11.2 Å². The van der Waals surface area contributed by atoms with Gasteiger partial charge in [0.2, 0.25) is 5.91 Å². The SMILES string of the molecule is CC[C@@H](CO)NC(=O)Cc1ccccc1Nc1c(Cl)cccc1Cl. The molecule has 2 aromatic carbocycles. The van der Waals surface area contributed by atoms with Crippen LogP contribution < -0.4 is 10.6 Å². The molecule has 0 saturated carbocycles. The van der Waals surface area contributed by atoms with Crippen molar-refractivity contribution in [2.45, 2.75) is 25.8 Å². The first-order chi connectivity index (χ1) is 11.5. The summed E-state index contributed by atoms with van der Waals surface area (Å²) in [6, 6.07) is 12.5. The highest BCUT2D eigenvalue weighted by atomic mass is 35.5. The largest absolute Gasteiger partial charge is 0.394 e.